The maximum atomic E-state index is 9.34. The van der Waals surface area contributed by atoms with Crippen LogP contribution in [0.15, 0.2) is 127 Å². The summed E-state index contributed by atoms with van der Waals surface area (Å²) in [5.41, 5.74) is 5.54. The monoisotopic (exact) mass is 479 g/mol. The predicted molar refractivity (Wildman–Crippen MR) is 161 cm³/mol. The third-order valence-corrected chi connectivity index (χ3v) is 8.03. The number of nitriles is 1. The molecule has 0 N–H and O–H groups in total. The second-order valence-electron chi connectivity index (χ2n) is 10.00. The van der Waals surface area contributed by atoms with Crippen molar-refractivity contribution in [2.24, 2.45) is 0 Å². The Morgan fingerprint density at radius 3 is 1.53 bits per heavy atom. The van der Waals surface area contributed by atoms with E-state index in [1.165, 1.54) is 70.6 Å². The zero-order chi connectivity index (χ0) is 25.2. The third kappa shape index (κ3) is 2.86. The van der Waals surface area contributed by atoms with Crippen LogP contribution in [0.4, 0.5) is 0 Å². The summed E-state index contributed by atoms with van der Waals surface area (Å²) in [5, 5.41) is 22.1. The molecule has 0 spiro atoms. The highest BCUT2D eigenvalue weighted by atomic mass is 14.2. The zero-order valence-corrected chi connectivity index (χ0v) is 20.6. The van der Waals surface area contributed by atoms with E-state index in [0.717, 1.165) is 5.56 Å². The van der Waals surface area contributed by atoms with Gasteiger partial charge in [0, 0.05) is 0 Å². The number of rotatable bonds is 2. The van der Waals surface area contributed by atoms with Crippen molar-refractivity contribution < 1.29 is 0 Å². The van der Waals surface area contributed by atoms with Gasteiger partial charge in [0.25, 0.3) is 0 Å². The molecule has 0 aromatic heterocycles. The first-order valence-corrected chi connectivity index (χ1v) is 12.9. The van der Waals surface area contributed by atoms with Crippen LogP contribution in [0.25, 0.3) is 76.1 Å². The van der Waals surface area contributed by atoms with Gasteiger partial charge in [-0.15, -0.1) is 0 Å². The van der Waals surface area contributed by atoms with E-state index in [4.69, 9.17) is 0 Å². The molecular weight excluding hydrogens is 458 g/mol. The molecule has 0 radical (unpaired) electrons. The molecule has 8 aromatic carbocycles. The number of hydrogen-bond donors (Lipinski definition) is 0. The Balaban J connectivity index is 1.55. The number of hydrogen-bond acceptors (Lipinski definition) is 1. The second kappa shape index (κ2) is 7.90. The molecule has 0 saturated heterocycles. The summed E-state index contributed by atoms with van der Waals surface area (Å²) in [4.78, 5) is 0. The zero-order valence-electron chi connectivity index (χ0n) is 20.6. The SMILES string of the molecule is N#Cc1ccc(-c2c3ccccc3c(-c3ccc4ccc5cccc6ccc3c4c56)c3ccccc23)cc1. The summed E-state index contributed by atoms with van der Waals surface area (Å²) in [5.74, 6) is 0. The summed E-state index contributed by atoms with van der Waals surface area (Å²) in [6, 6.07) is 47.9. The fraction of sp³-hybridized carbons (Fsp3) is 0. The van der Waals surface area contributed by atoms with Crippen LogP contribution in [0.3, 0.4) is 0 Å². The van der Waals surface area contributed by atoms with E-state index in [9.17, 15) is 5.26 Å². The molecule has 0 aliphatic carbocycles. The van der Waals surface area contributed by atoms with E-state index in [0.29, 0.717) is 5.56 Å². The molecule has 38 heavy (non-hydrogen) atoms. The van der Waals surface area contributed by atoms with Gasteiger partial charge in [0.1, 0.15) is 0 Å². The van der Waals surface area contributed by atoms with Crippen LogP contribution in [0.2, 0.25) is 0 Å². The largest absolute Gasteiger partial charge is 0.192 e. The first-order valence-electron chi connectivity index (χ1n) is 12.9. The van der Waals surface area contributed by atoms with Crippen LogP contribution in [0.1, 0.15) is 5.56 Å². The average molecular weight is 480 g/mol. The Morgan fingerprint density at radius 1 is 0.395 bits per heavy atom. The van der Waals surface area contributed by atoms with E-state index >= 15 is 0 Å². The fourth-order valence-corrected chi connectivity index (χ4v) is 6.39. The lowest BCUT2D eigenvalue weighted by molar-refractivity contribution is 1.49. The summed E-state index contributed by atoms with van der Waals surface area (Å²) in [7, 11) is 0. The topological polar surface area (TPSA) is 23.8 Å². The van der Waals surface area contributed by atoms with Crippen molar-refractivity contribution in [1.82, 2.24) is 0 Å². The van der Waals surface area contributed by atoms with Crippen molar-refractivity contribution in [2.45, 2.75) is 0 Å². The summed E-state index contributed by atoms with van der Waals surface area (Å²) >= 11 is 0. The molecule has 8 aromatic rings. The van der Waals surface area contributed by atoms with Crippen molar-refractivity contribution in [2.75, 3.05) is 0 Å². The van der Waals surface area contributed by atoms with Crippen LogP contribution < -0.4 is 0 Å². The van der Waals surface area contributed by atoms with E-state index in [2.05, 4.69) is 121 Å². The molecule has 0 aliphatic rings. The second-order valence-corrected chi connectivity index (χ2v) is 10.00. The van der Waals surface area contributed by atoms with Crippen molar-refractivity contribution in [1.29, 1.82) is 5.26 Å². The molecule has 1 heteroatoms. The lowest BCUT2D eigenvalue weighted by Crippen LogP contribution is -1.92. The molecule has 0 saturated carbocycles. The molecule has 8 rings (SSSR count). The van der Waals surface area contributed by atoms with Gasteiger partial charge in [-0.1, -0.05) is 115 Å². The van der Waals surface area contributed by atoms with Gasteiger partial charge in [0.2, 0.25) is 0 Å². The van der Waals surface area contributed by atoms with Gasteiger partial charge in [-0.2, -0.15) is 5.26 Å². The van der Waals surface area contributed by atoms with Crippen LogP contribution >= 0.6 is 0 Å². The van der Waals surface area contributed by atoms with Gasteiger partial charge >= 0.3 is 0 Å². The Bertz CT molecular complexity index is 2160. The van der Waals surface area contributed by atoms with Gasteiger partial charge in [-0.25, -0.2) is 0 Å². The number of fused-ring (bicyclic) bond motifs is 2. The molecule has 0 heterocycles. The Kier molecular flexibility index (Phi) is 4.36. The highest BCUT2D eigenvalue weighted by Crippen LogP contribution is 2.47. The van der Waals surface area contributed by atoms with Gasteiger partial charge in [-0.3, -0.25) is 0 Å². The highest BCUT2D eigenvalue weighted by molar-refractivity contribution is 6.29. The van der Waals surface area contributed by atoms with E-state index in [1.807, 2.05) is 12.1 Å². The van der Waals surface area contributed by atoms with Crippen LogP contribution in [-0.2, 0) is 0 Å². The van der Waals surface area contributed by atoms with Crippen molar-refractivity contribution in [3.63, 3.8) is 0 Å². The van der Waals surface area contributed by atoms with Crippen molar-refractivity contribution in [3.8, 4) is 28.3 Å². The van der Waals surface area contributed by atoms with Gasteiger partial charge in [0.15, 0.2) is 0 Å². The summed E-state index contributed by atoms with van der Waals surface area (Å²) < 4.78 is 0. The quantitative estimate of drug-likeness (QED) is 0.179. The normalized spacial score (nSPS) is 11.7. The molecule has 0 fully saturated rings. The molecule has 0 atom stereocenters. The fourth-order valence-electron chi connectivity index (χ4n) is 6.39. The molecule has 0 unspecified atom stereocenters. The maximum Gasteiger partial charge on any atom is 0.0991 e. The van der Waals surface area contributed by atoms with E-state index in [-0.39, 0.29) is 0 Å². The minimum absolute atomic E-state index is 0.674. The van der Waals surface area contributed by atoms with Gasteiger partial charge < -0.3 is 0 Å². The molecule has 0 amide bonds. The van der Waals surface area contributed by atoms with Crippen LogP contribution in [-0.4, -0.2) is 0 Å². The van der Waals surface area contributed by atoms with E-state index in [1.54, 1.807) is 0 Å². The number of nitrogens with zero attached hydrogens (tertiary/aromatic N) is 1. The molecule has 0 bridgehead atoms. The van der Waals surface area contributed by atoms with Crippen LogP contribution in [0, 0.1) is 11.3 Å². The van der Waals surface area contributed by atoms with Crippen LogP contribution in [0.5, 0.6) is 0 Å². The predicted octanol–water partition coefficient (Wildman–Crippen LogP) is 10.1. The standard InChI is InChI=1S/C37H21N/c38-22-23-12-14-26(15-13-23)35-28-8-1-3-10-30(28)37(31-11-4-2-9-29(31)35)33-21-19-27-17-16-24-6-5-7-25-18-20-32(33)36(27)34(24)25/h1-21H. The molecule has 0 aliphatic heterocycles. The minimum Gasteiger partial charge on any atom is -0.192 e. The first kappa shape index (κ1) is 20.9. The number of benzene rings is 8. The van der Waals surface area contributed by atoms with Crippen molar-refractivity contribution >= 4 is 53.9 Å². The Labute approximate surface area is 220 Å². The van der Waals surface area contributed by atoms with E-state index < -0.39 is 0 Å². The van der Waals surface area contributed by atoms with Crippen molar-refractivity contribution in [3.05, 3.63) is 133 Å². The molecule has 1 nitrogen and oxygen atoms in total. The summed E-state index contributed by atoms with van der Waals surface area (Å²) in [6.07, 6.45) is 0. The van der Waals surface area contributed by atoms with Gasteiger partial charge in [-0.05, 0) is 88.2 Å². The molecular formula is C37H21N. The Hall–Kier alpha value is -5.19. The summed E-state index contributed by atoms with van der Waals surface area (Å²) in [6.45, 7) is 0. The third-order valence-electron chi connectivity index (χ3n) is 8.03. The molecule has 174 valence electrons. The van der Waals surface area contributed by atoms with Gasteiger partial charge in [0.05, 0.1) is 11.6 Å². The first-order chi connectivity index (χ1) is 18.8. The lowest BCUT2D eigenvalue weighted by Gasteiger charge is -2.20. The Morgan fingerprint density at radius 2 is 0.921 bits per heavy atom. The minimum atomic E-state index is 0.674. The average Bonchev–Trinajstić information content (AvgIpc) is 2.99. The maximum absolute atomic E-state index is 9.34. The smallest absolute Gasteiger partial charge is 0.0991 e. The lowest BCUT2D eigenvalue weighted by atomic mass is 9.83. The highest BCUT2D eigenvalue weighted by Gasteiger charge is 2.19.